The minimum absolute atomic E-state index is 0.0992. The highest BCUT2D eigenvalue weighted by Crippen LogP contribution is 2.30. The zero-order valence-electron chi connectivity index (χ0n) is 9.12. The number of benzene rings is 1. The summed E-state index contributed by atoms with van der Waals surface area (Å²) in [6, 6.07) is 8.02. The molecule has 3 N–H and O–H groups in total. The lowest BCUT2D eigenvalue weighted by Gasteiger charge is -2.29. The first-order chi connectivity index (χ1) is 6.47. The molecule has 2 nitrogen and oxygen atoms in total. The first kappa shape index (κ1) is 11.2. The number of aliphatic hydroxyl groups is 1. The Bertz CT molecular complexity index is 290. The van der Waals surface area contributed by atoms with Crippen LogP contribution in [0.5, 0.6) is 0 Å². The van der Waals surface area contributed by atoms with E-state index in [0.29, 0.717) is 0 Å². The summed E-state index contributed by atoms with van der Waals surface area (Å²) in [6.07, 6.45) is 0. The van der Waals surface area contributed by atoms with Gasteiger partial charge in [-0.2, -0.15) is 0 Å². The zero-order chi connectivity index (χ0) is 10.8. The number of hydrogen-bond acceptors (Lipinski definition) is 2. The summed E-state index contributed by atoms with van der Waals surface area (Å²) in [5.41, 5.74) is 8.11. The fourth-order valence-corrected chi connectivity index (χ4v) is 1.32. The molecule has 0 aromatic heterocycles. The second kappa shape index (κ2) is 4.11. The SMILES string of the molecule is Cc1ccc([C@H](N)C(C)(C)CO)cc1. The van der Waals surface area contributed by atoms with Crippen LogP contribution in [0.15, 0.2) is 24.3 Å². The second-order valence-electron chi connectivity index (χ2n) is 4.54. The van der Waals surface area contributed by atoms with Crippen LogP contribution < -0.4 is 5.73 Å². The van der Waals surface area contributed by atoms with E-state index in [1.54, 1.807) is 0 Å². The summed E-state index contributed by atoms with van der Waals surface area (Å²) >= 11 is 0. The third-order valence-electron chi connectivity index (χ3n) is 2.69. The molecule has 0 amide bonds. The Morgan fingerprint density at radius 3 is 2.21 bits per heavy atom. The standard InChI is InChI=1S/C12H19NO/c1-9-4-6-10(7-5-9)11(13)12(2,3)8-14/h4-7,11,14H,8,13H2,1-3H3/t11-/m0/s1. The van der Waals surface area contributed by atoms with E-state index in [1.807, 2.05) is 45.0 Å². The third-order valence-corrected chi connectivity index (χ3v) is 2.69. The Morgan fingerprint density at radius 1 is 1.29 bits per heavy atom. The van der Waals surface area contributed by atoms with Crippen molar-refractivity contribution in [2.24, 2.45) is 11.1 Å². The molecular weight excluding hydrogens is 174 g/mol. The van der Waals surface area contributed by atoms with Gasteiger partial charge in [0.25, 0.3) is 0 Å². The number of hydrogen-bond donors (Lipinski definition) is 2. The van der Waals surface area contributed by atoms with Gasteiger partial charge in [0.1, 0.15) is 0 Å². The summed E-state index contributed by atoms with van der Waals surface area (Å²) in [4.78, 5) is 0. The lowest BCUT2D eigenvalue weighted by atomic mass is 9.82. The van der Waals surface area contributed by atoms with Crippen molar-refractivity contribution in [1.82, 2.24) is 0 Å². The van der Waals surface area contributed by atoms with Crippen molar-refractivity contribution in [3.05, 3.63) is 35.4 Å². The molecule has 14 heavy (non-hydrogen) atoms. The van der Waals surface area contributed by atoms with Gasteiger partial charge in [-0.15, -0.1) is 0 Å². The Labute approximate surface area is 85.8 Å². The van der Waals surface area contributed by atoms with Gasteiger partial charge in [-0.25, -0.2) is 0 Å². The number of aliphatic hydroxyl groups excluding tert-OH is 1. The Hall–Kier alpha value is -0.860. The average molecular weight is 193 g/mol. The quantitative estimate of drug-likeness (QED) is 0.771. The smallest absolute Gasteiger partial charge is 0.0500 e. The van der Waals surface area contributed by atoms with Gasteiger partial charge in [0.15, 0.2) is 0 Å². The molecule has 78 valence electrons. The summed E-state index contributed by atoms with van der Waals surface area (Å²) in [5, 5.41) is 9.20. The molecule has 0 bridgehead atoms. The number of nitrogens with two attached hydrogens (primary N) is 1. The summed E-state index contributed by atoms with van der Waals surface area (Å²) in [5.74, 6) is 0. The van der Waals surface area contributed by atoms with E-state index < -0.39 is 0 Å². The van der Waals surface area contributed by atoms with Gasteiger partial charge in [-0.05, 0) is 12.5 Å². The van der Waals surface area contributed by atoms with E-state index in [0.717, 1.165) is 5.56 Å². The van der Waals surface area contributed by atoms with E-state index in [4.69, 9.17) is 5.73 Å². The Kier molecular flexibility index (Phi) is 3.29. The molecule has 0 aliphatic carbocycles. The Balaban J connectivity index is 2.89. The maximum atomic E-state index is 9.20. The highest BCUT2D eigenvalue weighted by Gasteiger charge is 2.26. The molecule has 1 rings (SSSR count). The summed E-state index contributed by atoms with van der Waals surface area (Å²) < 4.78 is 0. The maximum Gasteiger partial charge on any atom is 0.0500 e. The molecule has 0 saturated carbocycles. The van der Waals surface area contributed by atoms with E-state index in [-0.39, 0.29) is 18.1 Å². The molecule has 0 aliphatic rings. The first-order valence-electron chi connectivity index (χ1n) is 4.90. The van der Waals surface area contributed by atoms with Crippen LogP contribution in [0.25, 0.3) is 0 Å². The molecule has 1 aromatic rings. The molecule has 0 heterocycles. The van der Waals surface area contributed by atoms with Crippen LogP contribution in [0.4, 0.5) is 0 Å². The molecule has 0 spiro atoms. The third kappa shape index (κ3) is 2.34. The highest BCUT2D eigenvalue weighted by molar-refractivity contribution is 5.25. The fraction of sp³-hybridized carbons (Fsp3) is 0.500. The van der Waals surface area contributed by atoms with E-state index in [9.17, 15) is 5.11 Å². The predicted molar refractivity (Wildman–Crippen MR) is 59.0 cm³/mol. The van der Waals surface area contributed by atoms with Gasteiger partial charge in [0.2, 0.25) is 0 Å². The molecule has 0 radical (unpaired) electrons. The van der Waals surface area contributed by atoms with Gasteiger partial charge in [-0.1, -0.05) is 43.7 Å². The van der Waals surface area contributed by atoms with Crippen molar-refractivity contribution < 1.29 is 5.11 Å². The molecule has 1 atom stereocenters. The van der Waals surface area contributed by atoms with Gasteiger partial charge in [-0.3, -0.25) is 0 Å². The van der Waals surface area contributed by atoms with Crippen molar-refractivity contribution >= 4 is 0 Å². The highest BCUT2D eigenvalue weighted by atomic mass is 16.3. The van der Waals surface area contributed by atoms with Crippen molar-refractivity contribution in [1.29, 1.82) is 0 Å². The van der Waals surface area contributed by atoms with Gasteiger partial charge < -0.3 is 10.8 Å². The number of aryl methyl sites for hydroxylation is 1. The molecule has 2 heteroatoms. The largest absolute Gasteiger partial charge is 0.396 e. The second-order valence-corrected chi connectivity index (χ2v) is 4.54. The van der Waals surface area contributed by atoms with E-state index in [2.05, 4.69) is 0 Å². The molecule has 0 fully saturated rings. The molecular formula is C12H19NO. The topological polar surface area (TPSA) is 46.2 Å². The predicted octanol–water partition coefficient (Wildman–Crippen LogP) is 2.01. The van der Waals surface area contributed by atoms with Gasteiger partial charge >= 0.3 is 0 Å². The van der Waals surface area contributed by atoms with Crippen LogP contribution in [-0.4, -0.2) is 11.7 Å². The van der Waals surface area contributed by atoms with Gasteiger partial charge in [0, 0.05) is 18.1 Å². The molecule has 0 saturated heterocycles. The minimum atomic E-state index is -0.269. The van der Waals surface area contributed by atoms with Crippen molar-refractivity contribution in [3.8, 4) is 0 Å². The van der Waals surface area contributed by atoms with Crippen molar-refractivity contribution in [2.75, 3.05) is 6.61 Å². The van der Waals surface area contributed by atoms with Crippen molar-refractivity contribution in [2.45, 2.75) is 26.8 Å². The van der Waals surface area contributed by atoms with Crippen molar-refractivity contribution in [3.63, 3.8) is 0 Å². The van der Waals surface area contributed by atoms with Crippen LogP contribution in [0.2, 0.25) is 0 Å². The van der Waals surface area contributed by atoms with E-state index in [1.165, 1.54) is 5.56 Å². The lowest BCUT2D eigenvalue weighted by Crippen LogP contribution is -2.32. The van der Waals surface area contributed by atoms with Crippen LogP contribution >= 0.6 is 0 Å². The summed E-state index contributed by atoms with van der Waals surface area (Å²) in [7, 11) is 0. The van der Waals surface area contributed by atoms with Crippen LogP contribution in [0.3, 0.4) is 0 Å². The molecule has 1 aromatic carbocycles. The van der Waals surface area contributed by atoms with Crippen LogP contribution in [-0.2, 0) is 0 Å². The normalized spacial score (nSPS) is 14.1. The van der Waals surface area contributed by atoms with Crippen LogP contribution in [0, 0.1) is 12.3 Å². The zero-order valence-corrected chi connectivity index (χ0v) is 9.12. The van der Waals surface area contributed by atoms with Crippen LogP contribution in [0.1, 0.15) is 31.0 Å². The average Bonchev–Trinajstić information content (AvgIpc) is 2.18. The Morgan fingerprint density at radius 2 is 1.79 bits per heavy atom. The molecule has 0 aliphatic heterocycles. The summed E-state index contributed by atoms with van der Waals surface area (Å²) in [6.45, 7) is 6.09. The maximum absolute atomic E-state index is 9.20. The van der Waals surface area contributed by atoms with Gasteiger partial charge in [0.05, 0.1) is 0 Å². The monoisotopic (exact) mass is 193 g/mol. The molecule has 0 unspecified atom stereocenters. The first-order valence-corrected chi connectivity index (χ1v) is 4.90. The van der Waals surface area contributed by atoms with E-state index >= 15 is 0 Å². The minimum Gasteiger partial charge on any atom is -0.396 e. The number of rotatable bonds is 3. The fourth-order valence-electron chi connectivity index (χ4n) is 1.32. The lowest BCUT2D eigenvalue weighted by molar-refractivity contribution is 0.132.